The minimum absolute atomic E-state index is 0.00481. The summed E-state index contributed by atoms with van der Waals surface area (Å²) < 4.78 is 27.5. The second kappa shape index (κ2) is 9.41. The molecule has 0 atom stereocenters. The summed E-state index contributed by atoms with van der Waals surface area (Å²) in [5, 5.41) is 25.1. The molecule has 1 aromatic heterocycles. The first-order valence-electron chi connectivity index (χ1n) is 11.3. The Hall–Kier alpha value is -3.27. The van der Waals surface area contributed by atoms with Gasteiger partial charge in [-0.1, -0.05) is 12.1 Å². The summed E-state index contributed by atoms with van der Waals surface area (Å²) in [7, 11) is -0.642. The number of hydrogen-bond donors (Lipinski definition) is 2. The van der Waals surface area contributed by atoms with Crippen molar-refractivity contribution in [1.29, 1.82) is 5.26 Å². The second-order valence-corrected chi connectivity index (χ2v) is 11.4. The Labute approximate surface area is 204 Å². The normalized spacial score (nSPS) is 16.7. The van der Waals surface area contributed by atoms with Gasteiger partial charge >= 0.3 is 0 Å². The van der Waals surface area contributed by atoms with Crippen LogP contribution in [-0.2, 0) is 30.0 Å². The van der Waals surface area contributed by atoms with E-state index in [4.69, 9.17) is 10.4 Å². The molecule has 12 heteroatoms. The molecule has 1 aliphatic heterocycles. The molecular weight excluding hydrogens is 472 g/mol. The van der Waals surface area contributed by atoms with Crippen LogP contribution in [0, 0.1) is 11.3 Å². The zero-order valence-electron chi connectivity index (χ0n) is 19.7. The van der Waals surface area contributed by atoms with E-state index in [2.05, 4.69) is 10.4 Å². The van der Waals surface area contributed by atoms with Crippen LogP contribution >= 0.6 is 0 Å². The summed E-state index contributed by atoms with van der Waals surface area (Å²) in [5.74, 6) is -0.752. The van der Waals surface area contributed by atoms with E-state index < -0.39 is 20.7 Å². The molecule has 2 amide bonds. The minimum atomic E-state index is -3.67. The fourth-order valence-corrected chi connectivity index (χ4v) is 6.36. The van der Waals surface area contributed by atoms with Gasteiger partial charge in [0.1, 0.15) is 10.4 Å². The third-order valence-electron chi connectivity index (χ3n) is 6.68. The number of benzene rings is 1. The number of fused-ring (bicyclic) bond motifs is 1. The van der Waals surface area contributed by atoms with Crippen LogP contribution in [0.15, 0.2) is 24.3 Å². The Morgan fingerprint density at radius 3 is 2.60 bits per heavy atom. The van der Waals surface area contributed by atoms with Gasteiger partial charge in [0, 0.05) is 45.8 Å². The molecule has 1 fully saturated rings. The molecule has 0 bridgehead atoms. The summed E-state index contributed by atoms with van der Waals surface area (Å²) in [5.41, 5.74) is 2.38. The topological polar surface area (TPSA) is 149 Å². The van der Waals surface area contributed by atoms with Crippen molar-refractivity contribution in [3.63, 3.8) is 0 Å². The molecule has 4 rings (SSSR count). The van der Waals surface area contributed by atoms with Crippen molar-refractivity contribution in [3.05, 3.63) is 52.3 Å². The molecular formula is C23H28N6O5S. The molecule has 2 aromatic rings. The highest BCUT2D eigenvalue weighted by molar-refractivity contribution is 7.90. The number of nitrogens with zero attached hydrogens (tertiary/aromatic N) is 5. The Morgan fingerprint density at radius 1 is 1.31 bits per heavy atom. The number of nitrogens with one attached hydrogen (secondary N) is 1. The number of aryl methyl sites for hydroxylation is 1. The summed E-state index contributed by atoms with van der Waals surface area (Å²) in [6.07, 6.45) is 1.30. The zero-order valence-corrected chi connectivity index (χ0v) is 20.5. The molecule has 0 saturated heterocycles. The number of carbonyl (C=O) groups excluding carboxylic acids is 2. The van der Waals surface area contributed by atoms with Crippen molar-refractivity contribution in [2.45, 2.75) is 30.6 Å². The third-order valence-corrected chi connectivity index (χ3v) is 9.31. The summed E-state index contributed by atoms with van der Waals surface area (Å²) in [4.78, 5) is 27.7. The highest BCUT2D eigenvalue weighted by atomic mass is 32.2. The maximum atomic E-state index is 13.3. The Bertz CT molecular complexity index is 1290. The number of carbonyl (C=O) groups is 2. The van der Waals surface area contributed by atoms with Crippen LogP contribution in [0.1, 0.15) is 50.5 Å². The van der Waals surface area contributed by atoms with E-state index in [1.165, 1.54) is 16.6 Å². The lowest BCUT2D eigenvalue weighted by atomic mass is 10.0. The molecule has 11 nitrogen and oxygen atoms in total. The standard InChI is InChI=1S/C23H28N6O5S/c1-27(11-12-30)35(33,34)23(8-9-23)15-29-10-7-18-19(26-28(2)20(18)22(29)32)21(31)25-14-17-5-3-16(13-24)4-6-17/h3-6,30H,7-12,14-15H2,1-2H3,(H,25,31). The molecule has 0 radical (unpaired) electrons. The van der Waals surface area contributed by atoms with E-state index in [-0.39, 0.29) is 50.1 Å². The molecule has 2 heterocycles. The largest absolute Gasteiger partial charge is 0.395 e. The van der Waals surface area contributed by atoms with Gasteiger partial charge in [-0.2, -0.15) is 10.4 Å². The van der Waals surface area contributed by atoms with E-state index in [9.17, 15) is 18.0 Å². The lowest BCUT2D eigenvalue weighted by molar-refractivity contribution is 0.0723. The smallest absolute Gasteiger partial charge is 0.272 e. The lowest BCUT2D eigenvalue weighted by Crippen LogP contribution is -2.49. The fourth-order valence-electron chi connectivity index (χ4n) is 4.44. The first kappa shape index (κ1) is 24.8. The van der Waals surface area contributed by atoms with Gasteiger partial charge in [0.15, 0.2) is 5.69 Å². The van der Waals surface area contributed by atoms with Crippen LogP contribution in [0.2, 0.25) is 0 Å². The number of aliphatic hydroxyl groups is 1. The lowest BCUT2D eigenvalue weighted by Gasteiger charge is -2.32. The van der Waals surface area contributed by atoms with E-state index in [1.54, 1.807) is 31.3 Å². The maximum absolute atomic E-state index is 13.3. The first-order chi connectivity index (χ1) is 16.6. The SMILES string of the molecule is CN(CCO)S(=O)(=O)C1(CN2CCc3c(C(=O)NCc4ccc(C#N)cc4)nn(C)c3C2=O)CC1. The van der Waals surface area contributed by atoms with Gasteiger partial charge < -0.3 is 15.3 Å². The third kappa shape index (κ3) is 4.54. The van der Waals surface area contributed by atoms with Gasteiger partial charge in [-0.05, 0) is 37.0 Å². The zero-order chi connectivity index (χ0) is 25.4. The Morgan fingerprint density at radius 2 is 2.00 bits per heavy atom. The number of aromatic nitrogens is 2. The van der Waals surface area contributed by atoms with E-state index in [1.807, 2.05) is 6.07 Å². The molecule has 2 N–H and O–H groups in total. The van der Waals surface area contributed by atoms with E-state index in [0.29, 0.717) is 30.4 Å². The van der Waals surface area contributed by atoms with Crippen LogP contribution in [0.5, 0.6) is 0 Å². The molecule has 35 heavy (non-hydrogen) atoms. The van der Waals surface area contributed by atoms with Gasteiger partial charge in [0.2, 0.25) is 10.0 Å². The summed E-state index contributed by atoms with van der Waals surface area (Å²) >= 11 is 0. The quantitative estimate of drug-likeness (QED) is 0.492. The number of aliphatic hydroxyl groups excluding tert-OH is 1. The predicted molar refractivity (Wildman–Crippen MR) is 126 cm³/mol. The van der Waals surface area contributed by atoms with E-state index >= 15 is 0 Å². The minimum Gasteiger partial charge on any atom is -0.395 e. The van der Waals surface area contributed by atoms with Crippen LogP contribution in [0.25, 0.3) is 0 Å². The van der Waals surface area contributed by atoms with Crippen molar-refractivity contribution in [2.24, 2.45) is 7.05 Å². The number of sulfonamides is 1. The highest BCUT2D eigenvalue weighted by Crippen LogP contribution is 2.46. The molecule has 2 aliphatic rings. The van der Waals surface area contributed by atoms with Crippen LogP contribution in [0.3, 0.4) is 0 Å². The average Bonchev–Trinajstić information content (AvgIpc) is 3.56. The van der Waals surface area contributed by atoms with Crippen LogP contribution in [-0.4, -0.2) is 82.4 Å². The molecule has 0 spiro atoms. The second-order valence-electron chi connectivity index (χ2n) is 9.00. The molecule has 1 aromatic carbocycles. The summed E-state index contributed by atoms with van der Waals surface area (Å²) in [6.45, 7) is 0.328. The van der Waals surface area contributed by atoms with Crippen molar-refractivity contribution >= 4 is 21.8 Å². The van der Waals surface area contributed by atoms with Crippen molar-refractivity contribution in [3.8, 4) is 6.07 Å². The predicted octanol–water partition coefficient (Wildman–Crippen LogP) is 0.00658. The molecule has 0 unspecified atom stereocenters. The van der Waals surface area contributed by atoms with Crippen molar-refractivity contribution < 1.29 is 23.1 Å². The Kier molecular flexibility index (Phi) is 6.68. The average molecular weight is 501 g/mol. The summed E-state index contributed by atoms with van der Waals surface area (Å²) in [6, 6.07) is 8.91. The number of hydrogen-bond acceptors (Lipinski definition) is 7. The van der Waals surface area contributed by atoms with Crippen LogP contribution in [0.4, 0.5) is 0 Å². The van der Waals surface area contributed by atoms with Gasteiger partial charge in [0.25, 0.3) is 11.8 Å². The molecule has 1 aliphatic carbocycles. The van der Waals surface area contributed by atoms with Gasteiger partial charge in [-0.25, -0.2) is 12.7 Å². The monoisotopic (exact) mass is 500 g/mol. The van der Waals surface area contributed by atoms with Gasteiger partial charge in [-0.3, -0.25) is 14.3 Å². The van der Waals surface area contributed by atoms with Gasteiger partial charge in [-0.15, -0.1) is 0 Å². The van der Waals surface area contributed by atoms with Crippen molar-refractivity contribution in [2.75, 3.05) is 33.3 Å². The molecule has 186 valence electrons. The Balaban J connectivity index is 1.48. The fraction of sp³-hybridized carbons (Fsp3) is 0.478. The first-order valence-corrected chi connectivity index (χ1v) is 12.8. The number of nitriles is 1. The van der Waals surface area contributed by atoms with Gasteiger partial charge in [0.05, 0.1) is 18.2 Å². The van der Waals surface area contributed by atoms with Crippen molar-refractivity contribution in [1.82, 2.24) is 24.3 Å². The van der Waals surface area contributed by atoms with E-state index in [0.717, 1.165) is 9.87 Å². The number of amides is 2. The number of likely N-dealkylation sites (N-methyl/N-ethyl adjacent to an activating group) is 1. The highest BCUT2D eigenvalue weighted by Gasteiger charge is 2.57. The van der Waals surface area contributed by atoms with Crippen LogP contribution < -0.4 is 5.32 Å². The number of rotatable bonds is 9. The molecule has 1 saturated carbocycles. The maximum Gasteiger partial charge on any atom is 0.272 e.